The van der Waals surface area contributed by atoms with Gasteiger partial charge >= 0.3 is 14.8 Å². The van der Waals surface area contributed by atoms with Gasteiger partial charge in [0.15, 0.2) is 0 Å². The maximum atomic E-state index is 10.9. The SMILES string of the molecule is CCCOC(=O)NCCCN(C)C.CCO[PH+]=O. The van der Waals surface area contributed by atoms with Gasteiger partial charge in [0, 0.05) is 6.54 Å². The Morgan fingerprint density at radius 2 is 2.00 bits per heavy atom. The van der Waals surface area contributed by atoms with E-state index in [0.29, 0.717) is 19.8 Å². The van der Waals surface area contributed by atoms with Gasteiger partial charge in [-0.05, 0) is 45.0 Å². The average molecular weight is 281 g/mol. The monoisotopic (exact) mass is 281 g/mol. The Balaban J connectivity index is 0. The molecule has 0 aliphatic rings. The zero-order valence-corrected chi connectivity index (χ0v) is 12.8. The molecule has 1 amide bonds. The molecule has 18 heavy (non-hydrogen) atoms. The number of carbonyl (C=O) groups is 1. The minimum atomic E-state index is -0.592. The van der Waals surface area contributed by atoms with Crippen molar-refractivity contribution < 1.29 is 18.6 Å². The molecule has 0 saturated heterocycles. The van der Waals surface area contributed by atoms with Gasteiger partial charge in [-0.15, -0.1) is 4.52 Å². The summed E-state index contributed by atoms with van der Waals surface area (Å²) in [6, 6.07) is 0. The van der Waals surface area contributed by atoms with Gasteiger partial charge in [-0.3, -0.25) is 0 Å². The first kappa shape index (κ1) is 19.6. The molecule has 108 valence electrons. The van der Waals surface area contributed by atoms with Crippen molar-refractivity contribution >= 4 is 14.8 Å². The molecular weight excluding hydrogens is 255 g/mol. The molecule has 0 aliphatic carbocycles. The summed E-state index contributed by atoms with van der Waals surface area (Å²) in [5, 5.41) is 2.68. The van der Waals surface area contributed by atoms with Crippen molar-refractivity contribution in [2.24, 2.45) is 0 Å². The van der Waals surface area contributed by atoms with Crippen LogP contribution in [0.2, 0.25) is 0 Å². The number of amides is 1. The Morgan fingerprint density at radius 3 is 2.39 bits per heavy atom. The average Bonchev–Trinajstić information content (AvgIpc) is 2.33. The van der Waals surface area contributed by atoms with Gasteiger partial charge in [-0.2, -0.15) is 0 Å². The minimum absolute atomic E-state index is 0.305. The number of ether oxygens (including phenoxy) is 1. The molecule has 0 aromatic carbocycles. The molecule has 0 heterocycles. The molecule has 6 nitrogen and oxygen atoms in total. The molecule has 0 aromatic heterocycles. The maximum absolute atomic E-state index is 10.9. The van der Waals surface area contributed by atoms with Crippen LogP contribution in [0.15, 0.2) is 0 Å². The van der Waals surface area contributed by atoms with Crippen LogP contribution in [0.25, 0.3) is 0 Å². The number of rotatable bonds is 8. The molecule has 0 saturated carbocycles. The molecule has 1 unspecified atom stereocenters. The van der Waals surface area contributed by atoms with Crippen LogP contribution in [0.5, 0.6) is 0 Å². The summed E-state index contributed by atoms with van der Waals surface area (Å²) in [7, 11) is 3.43. The molecule has 0 bridgehead atoms. The van der Waals surface area contributed by atoms with Crippen LogP contribution < -0.4 is 5.32 Å². The molecule has 0 spiro atoms. The van der Waals surface area contributed by atoms with E-state index < -0.39 is 8.69 Å². The quantitative estimate of drug-likeness (QED) is 0.544. The van der Waals surface area contributed by atoms with Gasteiger partial charge in [-0.1, -0.05) is 6.92 Å². The highest BCUT2D eigenvalue weighted by atomic mass is 31.1. The molecule has 1 atom stereocenters. The van der Waals surface area contributed by atoms with Crippen LogP contribution >= 0.6 is 8.69 Å². The number of carbonyl (C=O) groups excluding carboxylic acids is 1. The van der Waals surface area contributed by atoms with Crippen molar-refractivity contribution in [3.8, 4) is 0 Å². The highest BCUT2D eigenvalue weighted by Crippen LogP contribution is 1.89. The van der Waals surface area contributed by atoms with Crippen molar-refractivity contribution in [2.45, 2.75) is 26.7 Å². The van der Waals surface area contributed by atoms with E-state index in [2.05, 4.69) is 14.7 Å². The van der Waals surface area contributed by atoms with Crippen molar-refractivity contribution in [1.82, 2.24) is 10.2 Å². The van der Waals surface area contributed by atoms with Crippen LogP contribution in [0, 0.1) is 0 Å². The second-order valence-corrected chi connectivity index (χ2v) is 4.19. The lowest BCUT2D eigenvalue weighted by Gasteiger charge is -2.09. The van der Waals surface area contributed by atoms with Crippen LogP contribution in [0.3, 0.4) is 0 Å². The number of nitrogens with zero attached hydrogens (tertiary/aromatic N) is 1. The first-order valence-electron chi connectivity index (χ1n) is 6.12. The number of hydrogen-bond donors (Lipinski definition) is 1. The van der Waals surface area contributed by atoms with E-state index in [4.69, 9.17) is 4.74 Å². The van der Waals surface area contributed by atoms with E-state index in [9.17, 15) is 9.36 Å². The van der Waals surface area contributed by atoms with Crippen molar-refractivity contribution in [2.75, 3.05) is 40.4 Å². The second kappa shape index (κ2) is 16.3. The van der Waals surface area contributed by atoms with Crippen LogP contribution in [-0.2, 0) is 13.8 Å². The van der Waals surface area contributed by atoms with E-state index >= 15 is 0 Å². The number of alkyl carbamates (subject to hydrolysis) is 1. The second-order valence-electron chi connectivity index (χ2n) is 3.74. The summed E-state index contributed by atoms with van der Waals surface area (Å²) in [5.41, 5.74) is 0. The van der Waals surface area contributed by atoms with Crippen LogP contribution in [-0.4, -0.2) is 51.4 Å². The van der Waals surface area contributed by atoms with Gasteiger partial charge in [0.1, 0.15) is 0 Å². The lowest BCUT2D eigenvalue weighted by atomic mass is 10.4. The third-order valence-corrected chi connectivity index (χ3v) is 2.10. The fraction of sp³-hybridized carbons (Fsp3) is 0.909. The third kappa shape index (κ3) is 20.7. The Labute approximate surface area is 111 Å². The van der Waals surface area contributed by atoms with Crippen molar-refractivity contribution in [3.05, 3.63) is 0 Å². The Morgan fingerprint density at radius 1 is 1.33 bits per heavy atom. The molecule has 0 aliphatic heterocycles. The summed E-state index contributed by atoms with van der Waals surface area (Å²) in [5.74, 6) is 0. The van der Waals surface area contributed by atoms with Crippen LogP contribution in [0.4, 0.5) is 4.79 Å². The Bertz CT molecular complexity index is 203. The molecule has 0 fully saturated rings. The minimum Gasteiger partial charge on any atom is -0.450 e. The smallest absolute Gasteiger partial charge is 0.450 e. The van der Waals surface area contributed by atoms with Gasteiger partial charge in [0.05, 0.1) is 13.2 Å². The van der Waals surface area contributed by atoms with E-state index in [-0.39, 0.29) is 6.09 Å². The summed E-state index contributed by atoms with van der Waals surface area (Å²) < 4.78 is 18.5. The van der Waals surface area contributed by atoms with Crippen molar-refractivity contribution in [3.63, 3.8) is 0 Å². The molecule has 0 aromatic rings. The normalized spacial score (nSPS) is 9.83. The number of nitrogens with one attached hydrogen (secondary N) is 1. The van der Waals surface area contributed by atoms with E-state index in [0.717, 1.165) is 19.4 Å². The Hall–Kier alpha value is -0.710. The first-order chi connectivity index (χ1) is 8.58. The van der Waals surface area contributed by atoms with Crippen LogP contribution in [0.1, 0.15) is 26.7 Å². The van der Waals surface area contributed by atoms with E-state index in [1.54, 1.807) is 6.92 Å². The lowest BCUT2D eigenvalue weighted by Crippen LogP contribution is -2.27. The van der Waals surface area contributed by atoms with E-state index in [1.807, 2.05) is 21.0 Å². The summed E-state index contributed by atoms with van der Waals surface area (Å²) in [4.78, 5) is 13.0. The lowest BCUT2D eigenvalue weighted by molar-refractivity contribution is 0.146. The number of hydrogen-bond acceptors (Lipinski definition) is 5. The van der Waals surface area contributed by atoms with Gasteiger partial charge in [-0.25, -0.2) is 4.79 Å². The molecular formula is C11H26N2O4P+. The summed E-state index contributed by atoms with van der Waals surface area (Å²) in [6.45, 7) is 6.47. The van der Waals surface area contributed by atoms with Gasteiger partial charge in [0.25, 0.3) is 0 Å². The molecule has 1 N–H and O–H groups in total. The van der Waals surface area contributed by atoms with E-state index in [1.165, 1.54) is 0 Å². The highest BCUT2D eigenvalue weighted by Gasteiger charge is 1.98. The van der Waals surface area contributed by atoms with Gasteiger partial charge in [0.2, 0.25) is 0 Å². The zero-order valence-electron chi connectivity index (χ0n) is 11.8. The summed E-state index contributed by atoms with van der Waals surface area (Å²) >= 11 is 0. The fourth-order valence-corrected chi connectivity index (χ4v) is 1.01. The largest absolute Gasteiger partial charge is 0.494 e. The predicted octanol–water partition coefficient (Wildman–Crippen LogP) is 2.04. The standard InChI is InChI=1S/C9H20N2O2.C2H6O2P/c1-4-8-13-9(12)10-6-5-7-11(2)3;1-2-4-5-3/h4-8H2,1-3H3,(H,10,12);5H,2H2,1H3/q;+1. The fourth-order valence-electron chi connectivity index (χ4n) is 0.890. The molecule has 7 heteroatoms. The van der Waals surface area contributed by atoms with Gasteiger partial charge < -0.3 is 15.0 Å². The zero-order chi connectivity index (χ0) is 14.2. The summed E-state index contributed by atoms with van der Waals surface area (Å²) in [6.07, 6.45) is 1.51. The maximum Gasteiger partial charge on any atom is 0.494 e. The predicted molar refractivity (Wildman–Crippen MR) is 73.4 cm³/mol. The third-order valence-electron chi connectivity index (χ3n) is 1.69. The highest BCUT2D eigenvalue weighted by molar-refractivity contribution is 7.17. The topological polar surface area (TPSA) is 67.9 Å². The van der Waals surface area contributed by atoms with Crippen molar-refractivity contribution in [1.29, 1.82) is 0 Å². The Kier molecular flexibility index (Phi) is 17.8. The molecule has 0 radical (unpaired) electrons. The first-order valence-corrected chi connectivity index (χ1v) is 6.94. The molecule has 0 rings (SSSR count).